The number of hydrogen-bond acceptors (Lipinski definition) is 4. The Balaban J connectivity index is 1.56. The Bertz CT molecular complexity index is 1110. The fourth-order valence-corrected chi connectivity index (χ4v) is 4.00. The molecule has 0 fully saturated rings. The molecule has 4 rings (SSSR count). The van der Waals surface area contributed by atoms with Crippen LogP contribution in [-0.4, -0.2) is 30.4 Å². The molecule has 0 aromatic heterocycles. The molecule has 0 saturated heterocycles. The van der Waals surface area contributed by atoms with Gasteiger partial charge in [0, 0.05) is 24.2 Å². The summed E-state index contributed by atoms with van der Waals surface area (Å²) in [6.45, 7) is 3.16. The minimum atomic E-state index is -0.694. The number of amides is 2. The summed E-state index contributed by atoms with van der Waals surface area (Å²) >= 11 is 0. The molecular formula is C26H26N2O4. The largest absolute Gasteiger partial charge is 0.496 e. The van der Waals surface area contributed by atoms with Gasteiger partial charge in [-0.15, -0.1) is 0 Å². The second-order valence-electron chi connectivity index (χ2n) is 7.53. The maximum atomic E-state index is 13.3. The first kappa shape index (κ1) is 21.4. The molecule has 1 atom stereocenters. The summed E-state index contributed by atoms with van der Waals surface area (Å²) < 4.78 is 10.9. The number of nitrogens with one attached hydrogen (secondary N) is 1. The average Bonchev–Trinajstić information content (AvgIpc) is 3.10. The summed E-state index contributed by atoms with van der Waals surface area (Å²) in [7, 11) is 1.60. The van der Waals surface area contributed by atoms with Crippen molar-refractivity contribution in [3.05, 3.63) is 95.1 Å². The number of carbonyl (C=O) groups is 2. The second-order valence-corrected chi connectivity index (χ2v) is 7.53. The monoisotopic (exact) mass is 430 g/mol. The van der Waals surface area contributed by atoms with E-state index in [9.17, 15) is 9.59 Å². The molecule has 1 aliphatic rings. The van der Waals surface area contributed by atoms with E-state index in [0.717, 1.165) is 22.4 Å². The van der Waals surface area contributed by atoms with Crippen molar-refractivity contribution < 1.29 is 19.1 Å². The Morgan fingerprint density at radius 3 is 2.47 bits per heavy atom. The molecule has 0 unspecified atom stereocenters. The molecule has 32 heavy (non-hydrogen) atoms. The van der Waals surface area contributed by atoms with Gasteiger partial charge in [-0.25, -0.2) is 0 Å². The third-order valence-electron chi connectivity index (χ3n) is 5.54. The Morgan fingerprint density at radius 2 is 1.72 bits per heavy atom. The van der Waals surface area contributed by atoms with Crippen molar-refractivity contribution in [3.8, 4) is 11.5 Å². The van der Waals surface area contributed by atoms with Crippen LogP contribution in [0.5, 0.6) is 11.5 Å². The average molecular weight is 431 g/mol. The topological polar surface area (TPSA) is 67.9 Å². The molecule has 3 aromatic rings. The van der Waals surface area contributed by atoms with E-state index in [2.05, 4.69) is 5.32 Å². The van der Waals surface area contributed by atoms with Gasteiger partial charge in [-0.1, -0.05) is 48.5 Å². The van der Waals surface area contributed by atoms with Crippen LogP contribution in [0.3, 0.4) is 0 Å². The third kappa shape index (κ3) is 4.30. The zero-order valence-corrected chi connectivity index (χ0v) is 18.2. The van der Waals surface area contributed by atoms with Crippen LogP contribution in [0.4, 0.5) is 0 Å². The van der Waals surface area contributed by atoms with Gasteiger partial charge in [-0.05, 0) is 42.3 Å². The van der Waals surface area contributed by atoms with Crippen molar-refractivity contribution in [2.45, 2.75) is 26.1 Å². The van der Waals surface area contributed by atoms with E-state index in [0.29, 0.717) is 31.0 Å². The van der Waals surface area contributed by atoms with E-state index in [4.69, 9.17) is 9.47 Å². The Morgan fingerprint density at radius 1 is 1.00 bits per heavy atom. The van der Waals surface area contributed by atoms with Crippen LogP contribution in [0.15, 0.2) is 72.8 Å². The number of para-hydroxylation sites is 1. The number of nitrogens with zero attached hydrogens (tertiary/aromatic N) is 1. The van der Waals surface area contributed by atoms with Crippen LogP contribution >= 0.6 is 0 Å². The minimum absolute atomic E-state index is 0.146. The molecule has 2 amide bonds. The standard InChI is InChI=1S/C26H26N2O4/c1-3-32-20-14-12-18(13-15-20)17-28-24(21-9-5-6-10-22(21)26(28)30)25(29)27-16-19-8-4-7-11-23(19)31-2/h4-15,24H,3,16-17H2,1-2H3,(H,27,29)/t24-/m1/s1. The maximum absolute atomic E-state index is 13.3. The normalized spacial score (nSPS) is 14.8. The number of rotatable bonds is 8. The Hall–Kier alpha value is -3.80. The van der Waals surface area contributed by atoms with Gasteiger partial charge < -0.3 is 19.7 Å². The zero-order chi connectivity index (χ0) is 22.5. The minimum Gasteiger partial charge on any atom is -0.496 e. The summed E-state index contributed by atoms with van der Waals surface area (Å²) in [4.78, 5) is 28.1. The van der Waals surface area contributed by atoms with Gasteiger partial charge >= 0.3 is 0 Å². The fraction of sp³-hybridized carbons (Fsp3) is 0.231. The quantitative estimate of drug-likeness (QED) is 0.584. The summed E-state index contributed by atoms with van der Waals surface area (Å²) in [6, 6.07) is 21.7. The van der Waals surface area contributed by atoms with Crippen molar-refractivity contribution in [3.63, 3.8) is 0 Å². The molecule has 164 valence electrons. The summed E-state index contributed by atoms with van der Waals surface area (Å²) in [5.41, 5.74) is 3.09. The number of hydrogen-bond donors (Lipinski definition) is 1. The second kappa shape index (κ2) is 9.56. The van der Waals surface area contributed by atoms with Crippen molar-refractivity contribution >= 4 is 11.8 Å². The van der Waals surface area contributed by atoms with Crippen LogP contribution in [0, 0.1) is 0 Å². The lowest BCUT2D eigenvalue weighted by Crippen LogP contribution is -2.38. The van der Waals surface area contributed by atoms with Gasteiger partial charge in [0.15, 0.2) is 0 Å². The predicted molar refractivity (Wildman–Crippen MR) is 122 cm³/mol. The summed E-state index contributed by atoms with van der Waals surface area (Å²) in [6.07, 6.45) is 0. The smallest absolute Gasteiger partial charge is 0.255 e. The van der Waals surface area contributed by atoms with Crippen LogP contribution in [0.25, 0.3) is 0 Å². The fourth-order valence-electron chi connectivity index (χ4n) is 4.00. The summed E-state index contributed by atoms with van der Waals surface area (Å²) in [5.74, 6) is 1.12. The van der Waals surface area contributed by atoms with Crippen LogP contribution in [-0.2, 0) is 17.9 Å². The number of ether oxygens (including phenoxy) is 2. The highest BCUT2D eigenvalue weighted by atomic mass is 16.5. The first-order valence-electron chi connectivity index (χ1n) is 10.6. The number of methoxy groups -OCH3 is 1. The number of fused-ring (bicyclic) bond motifs is 1. The first-order chi connectivity index (χ1) is 15.6. The number of benzene rings is 3. The molecule has 1 heterocycles. The van der Waals surface area contributed by atoms with E-state index in [1.807, 2.05) is 73.7 Å². The van der Waals surface area contributed by atoms with E-state index < -0.39 is 6.04 Å². The van der Waals surface area contributed by atoms with E-state index >= 15 is 0 Å². The van der Waals surface area contributed by atoms with Gasteiger partial charge in [0.2, 0.25) is 5.91 Å². The van der Waals surface area contributed by atoms with Crippen molar-refractivity contribution in [2.24, 2.45) is 0 Å². The van der Waals surface area contributed by atoms with Crippen molar-refractivity contribution in [2.75, 3.05) is 13.7 Å². The molecular weight excluding hydrogens is 404 g/mol. The SMILES string of the molecule is CCOc1ccc(CN2C(=O)c3ccccc3[C@@H]2C(=O)NCc2ccccc2OC)cc1. The molecule has 0 saturated carbocycles. The molecule has 1 N–H and O–H groups in total. The van der Waals surface area contributed by atoms with Gasteiger partial charge in [0.1, 0.15) is 17.5 Å². The molecule has 1 aliphatic heterocycles. The molecule has 0 bridgehead atoms. The van der Waals surface area contributed by atoms with Gasteiger partial charge in [0.05, 0.1) is 13.7 Å². The Kier molecular flexibility index (Phi) is 6.40. The van der Waals surface area contributed by atoms with E-state index in [-0.39, 0.29) is 11.8 Å². The molecule has 0 radical (unpaired) electrons. The highest BCUT2D eigenvalue weighted by molar-refractivity contribution is 6.04. The van der Waals surface area contributed by atoms with E-state index in [1.165, 1.54) is 0 Å². The van der Waals surface area contributed by atoms with Gasteiger partial charge in [-0.3, -0.25) is 9.59 Å². The maximum Gasteiger partial charge on any atom is 0.255 e. The molecule has 0 spiro atoms. The van der Waals surface area contributed by atoms with Crippen LogP contribution < -0.4 is 14.8 Å². The third-order valence-corrected chi connectivity index (χ3v) is 5.54. The van der Waals surface area contributed by atoms with Crippen molar-refractivity contribution in [1.82, 2.24) is 10.2 Å². The van der Waals surface area contributed by atoms with E-state index in [1.54, 1.807) is 18.1 Å². The van der Waals surface area contributed by atoms with Gasteiger partial charge in [-0.2, -0.15) is 0 Å². The Labute approximate surface area is 187 Å². The first-order valence-corrected chi connectivity index (χ1v) is 10.6. The van der Waals surface area contributed by atoms with Crippen molar-refractivity contribution in [1.29, 1.82) is 0 Å². The zero-order valence-electron chi connectivity index (χ0n) is 18.2. The lowest BCUT2D eigenvalue weighted by Gasteiger charge is -2.25. The number of carbonyl (C=O) groups excluding carboxylic acids is 2. The van der Waals surface area contributed by atoms with Crippen LogP contribution in [0.2, 0.25) is 0 Å². The molecule has 3 aromatic carbocycles. The lowest BCUT2D eigenvalue weighted by molar-refractivity contribution is -0.125. The molecule has 6 nitrogen and oxygen atoms in total. The molecule has 0 aliphatic carbocycles. The van der Waals surface area contributed by atoms with Crippen LogP contribution in [0.1, 0.15) is 40.0 Å². The predicted octanol–water partition coefficient (Wildman–Crippen LogP) is 4.11. The highest BCUT2D eigenvalue weighted by Gasteiger charge is 2.40. The lowest BCUT2D eigenvalue weighted by atomic mass is 10.0. The van der Waals surface area contributed by atoms with Gasteiger partial charge in [0.25, 0.3) is 5.91 Å². The molecule has 6 heteroatoms. The highest BCUT2D eigenvalue weighted by Crippen LogP contribution is 2.35. The summed E-state index contributed by atoms with van der Waals surface area (Å²) in [5, 5.41) is 2.99.